The molecular weight excluding hydrogens is 234 g/mol. The maximum absolute atomic E-state index is 8.92. The molecular formula is CH4O6P2S2-6. The van der Waals surface area contributed by atoms with E-state index in [1.54, 1.807) is 0 Å². The first-order valence-electron chi connectivity index (χ1n) is 1.46. The molecule has 11 heavy (non-hydrogen) atoms. The van der Waals surface area contributed by atoms with Crippen molar-refractivity contribution in [2.24, 2.45) is 0 Å². The molecule has 0 unspecified atom stereocenters. The summed E-state index contributed by atoms with van der Waals surface area (Å²) in [6.45, 7) is -9.11. The molecule has 0 saturated heterocycles. The van der Waals surface area contributed by atoms with E-state index < -0.39 is 13.4 Å². The predicted octanol–water partition coefficient (Wildman–Crippen LogP) is -4.78. The van der Waals surface area contributed by atoms with Crippen LogP contribution in [0.4, 0.5) is 0 Å². The van der Waals surface area contributed by atoms with E-state index in [4.69, 9.17) is 29.4 Å². The van der Waals surface area contributed by atoms with Gasteiger partial charge in [0.2, 0.25) is 0 Å². The second-order valence-corrected chi connectivity index (χ2v) is 5.37. The summed E-state index contributed by atoms with van der Waals surface area (Å²) in [5.74, 6) is 0. The lowest BCUT2D eigenvalue weighted by Crippen LogP contribution is -2.23. The maximum atomic E-state index is 8.92. The lowest BCUT2D eigenvalue weighted by atomic mass is 12.0. The Hall–Kier alpha value is 1.06. The molecule has 0 rings (SSSR count). The normalized spacial score (nSPS) is 10.7. The molecule has 0 fully saturated rings. The van der Waals surface area contributed by atoms with Crippen LogP contribution in [0.2, 0.25) is 0 Å². The summed E-state index contributed by atoms with van der Waals surface area (Å²) in [5, 5.41) is 0. The summed E-state index contributed by atoms with van der Waals surface area (Å²) < 4.78 is 0. The average molecular weight is 238 g/mol. The van der Waals surface area contributed by atoms with Gasteiger partial charge >= 0.3 is 0 Å². The van der Waals surface area contributed by atoms with E-state index in [1.807, 2.05) is 0 Å². The van der Waals surface area contributed by atoms with E-state index in [0.717, 1.165) is 0 Å². The third-order valence-electron chi connectivity index (χ3n) is 0. The van der Waals surface area contributed by atoms with Gasteiger partial charge in [-0.15, -0.1) is 0 Å². The van der Waals surface area contributed by atoms with E-state index in [0.29, 0.717) is 0 Å². The number of hydrogen-bond donors (Lipinski definition) is 0. The smallest absolute Gasteiger partial charge is 0.0776 e. The molecule has 0 aromatic rings. The fourth-order valence-electron chi connectivity index (χ4n) is 0. The van der Waals surface area contributed by atoms with Crippen molar-refractivity contribution in [3.05, 3.63) is 0 Å². The van der Waals surface area contributed by atoms with Crippen LogP contribution in [0.25, 0.3) is 0 Å². The standard InChI is InChI=1S/CH4.2H3O3PS/c;2*1-4(2,3)5/h1H4;2*(H3,1,2,3,5)/p-6. The van der Waals surface area contributed by atoms with Crippen LogP contribution in [-0.2, 0) is 23.6 Å². The van der Waals surface area contributed by atoms with E-state index in [2.05, 4.69) is 23.6 Å². The van der Waals surface area contributed by atoms with Crippen molar-refractivity contribution >= 4 is 37.1 Å². The third-order valence-corrected chi connectivity index (χ3v) is 0. The second kappa shape index (κ2) is 6.56. The van der Waals surface area contributed by atoms with Gasteiger partial charge in [-0.05, 0) is 0 Å². The Morgan fingerprint density at radius 3 is 0.636 bits per heavy atom. The Morgan fingerprint density at radius 1 is 0.636 bits per heavy atom. The molecule has 0 aromatic heterocycles. The Labute approximate surface area is 74.3 Å². The molecule has 0 atom stereocenters. The molecule has 0 radical (unpaired) electrons. The molecule has 0 aliphatic carbocycles. The molecule has 72 valence electrons. The molecule has 0 aromatic carbocycles. The van der Waals surface area contributed by atoms with Gasteiger partial charge in [0.25, 0.3) is 0 Å². The minimum absolute atomic E-state index is 0. The predicted molar refractivity (Wildman–Crippen MR) is 35.3 cm³/mol. The van der Waals surface area contributed by atoms with E-state index in [1.165, 1.54) is 0 Å². The van der Waals surface area contributed by atoms with Gasteiger partial charge in [0, 0.05) is 0 Å². The van der Waals surface area contributed by atoms with Gasteiger partial charge in [-0.1, -0.05) is 7.43 Å². The highest BCUT2D eigenvalue weighted by Crippen LogP contribution is 2.04. The van der Waals surface area contributed by atoms with Crippen molar-refractivity contribution < 1.29 is 29.4 Å². The van der Waals surface area contributed by atoms with Gasteiger partial charge in [-0.2, -0.15) is 23.6 Å². The summed E-state index contributed by atoms with van der Waals surface area (Å²) in [6, 6.07) is 0. The highest BCUT2D eigenvalue weighted by atomic mass is 32.5. The van der Waals surface area contributed by atoms with Crippen molar-refractivity contribution in [3.8, 4) is 0 Å². The van der Waals surface area contributed by atoms with Crippen molar-refractivity contribution in [2.75, 3.05) is 0 Å². The first-order chi connectivity index (χ1) is 4.00. The largest absolute Gasteiger partial charge is 0.844 e. The van der Waals surface area contributed by atoms with Gasteiger partial charge in [-0.3, -0.25) is 0 Å². The van der Waals surface area contributed by atoms with E-state index in [9.17, 15) is 0 Å². The second-order valence-electron chi connectivity index (χ2n) is 0.894. The number of hydrogen-bond acceptors (Lipinski definition) is 8. The highest BCUT2D eigenvalue weighted by molar-refractivity contribution is 8.04. The van der Waals surface area contributed by atoms with Gasteiger partial charge in [0.1, 0.15) is 0 Å². The lowest BCUT2D eigenvalue weighted by molar-refractivity contribution is -0.413. The van der Waals surface area contributed by atoms with E-state index >= 15 is 0 Å². The summed E-state index contributed by atoms with van der Waals surface area (Å²) in [4.78, 5) is 53.5. The minimum atomic E-state index is -4.56. The summed E-state index contributed by atoms with van der Waals surface area (Å²) in [7, 11) is 0. The van der Waals surface area contributed by atoms with Crippen LogP contribution in [0.3, 0.4) is 0 Å². The van der Waals surface area contributed by atoms with Crippen LogP contribution in [0.5, 0.6) is 0 Å². The molecule has 6 nitrogen and oxygen atoms in total. The molecule has 0 saturated carbocycles. The SMILES string of the molecule is C.[O-]P([O-])([O-])=S.[O-]P([O-])([O-])=S. The van der Waals surface area contributed by atoms with Crippen LogP contribution in [0.15, 0.2) is 0 Å². The fraction of sp³-hybridized carbons (Fsp3) is 1.00. The summed E-state index contributed by atoms with van der Waals surface area (Å²) in [6.07, 6.45) is 0. The van der Waals surface area contributed by atoms with Gasteiger partial charge in [-0.25, -0.2) is 0 Å². The zero-order valence-electron chi connectivity index (χ0n) is 4.16. The van der Waals surface area contributed by atoms with Crippen LogP contribution >= 0.6 is 13.4 Å². The van der Waals surface area contributed by atoms with E-state index in [-0.39, 0.29) is 7.43 Å². The van der Waals surface area contributed by atoms with Crippen molar-refractivity contribution in [3.63, 3.8) is 0 Å². The van der Waals surface area contributed by atoms with Gasteiger partial charge in [0.15, 0.2) is 0 Å². The first kappa shape index (κ1) is 18.0. The number of rotatable bonds is 0. The maximum Gasteiger partial charge on any atom is -0.0776 e. The molecule has 0 heterocycles. The van der Waals surface area contributed by atoms with Crippen molar-refractivity contribution in [1.82, 2.24) is 0 Å². The van der Waals surface area contributed by atoms with Crippen molar-refractivity contribution in [2.45, 2.75) is 7.43 Å². The zero-order valence-corrected chi connectivity index (χ0v) is 7.58. The average Bonchev–Trinajstić information content (AvgIpc) is 1.12. The van der Waals surface area contributed by atoms with Crippen LogP contribution in [0, 0.1) is 0 Å². The van der Waals surface area contributed by atoms with Crippen LogP contribution < -0.4 is 29.4 Å². The lowest BCUT2D eigenvalue weighted by Gasteiger charge is -2.43. The summed E-state index contributed by atoms with van der Waals surface area (Å²) >= 11 is 6.54. The third kappa shape index (κ3) is 808. The van der Waals surface area contributed by atoms with Crippen LogP contribution in [0.1, 0.15) is 7.43 Å². The Balaban J connectivity index is -0.000000107. The Kier molecular flexibility index (Phi) is 10.7. The minimum Gasteiger partial charge on any atom is -0.844 e. The topological polar surface area (TPSA) is 138 Å². The molecule has 0 aliphatic rings. The molecule has 0 N–H and O–H groups in total. The van der Waals surface area contributed by atoms with Gasteiger partial charge in [0.05, 0.1) is 0 Å². The monoisotopic (exact) mass is 238 g/mol. The Bertz CT molecular complexity index is 131. The highest BCUT2D eigenvalue weighted by Gasteiger charge is 1.37. The molecule has 10 heteroatoms. The van der Waals surface area contributed by atoms with Gasteiger partial charge < -0.3 is 42.8 Å². The first-order valence-corrected chi connectivity index (χ1v) is 6.57. The van der Waals surface area contributed by atoms with Crippen LogP contribution in [-0.4, -0.2) is 0 Å². The fourth-order valence-corrected chi connectivity index (χ4v) is 0. The summed E-state index contributed by atoms with van der Waals surface area (Å²) in [5.41, 5.74) is 0. The Morgan fingerprint density at radius 2 is 0.636 bits per heavy atom. The molecule has 0 bridgehead atoms. The molecule has 0 aliphatic heterocycles. The van der Waals surface area contributed by atoms with Crippen molar-refractivity contribution in [1.29, 1.82) is 0 Å². The zero-order chi connectivity index (χ0) is 9.00. The molecule has 0 spiro atoms. The quantitative estimate of drug-likeness (QED) is 0.383. The molecule has 0 amide bonds.